The van der Waals surface area contributed by atoms with Gasteiger partial charge in [0.15, 0.2) is 0 Å². The number of hydrogen-bond acceptors (Lipinski definition) is 3. The molecule has 1 rings (SSSR count). The molecule has 0 aliphatic carbocycles. The average molecular weight is 227 g/mol. The van der Waals surface area contributed by atoms with Crippen molar-refractivity contribution in [2.45, 2.75) is 26.8 Å². The highest BCUT2D eigenvalue weighted by Gasteiger charge is 2.26. The number of hydrogen-bond donors (Lipinski definition) is 2. The minimum Gasteiger partial charge on any atom is -0.480 e. The lowest BCUT2D eigenvalue weighted by atomic mass is 9.86. The van der Waals surface area contributed by atoms with Crippen molar-refractivity contribution in [2.24, 2.45) is 5.41 Å². The molecule has 2 N–H and O–H groups in total. The van der Waals surface area contributed by atoms with E-state index in [9.17, 15) is 4.79 Å². The molecule has 3 nitrogen and oxygen atoms in total. The van der Waals surface area contributed by atoms with Gasteiger partial charge in [-0.15, -0.1) is 11.3 Å². The molecule has 0 saturated heterocycles. The Labute approximate surface area is 94.1 Å². The number of aliphatic carboxylic acids is 1. The Hall–Kier alpha value is -0.870. The van der Waals surface area contributed by atoms with E-state index in [0.29, 0.717) is 0 Å². The van der Waals surface area contributed by atoms with Crippen LogP contribution in [0.25, 0.3) is 0 Å². The predicted octanol–water partition coefficient (Wildman–Crippen LogP) is 2.51. The molecule has 15 heavy (non-hydrogen) atoms. The van der Waals surface area contributed by atoms with E-state index in [-0.39, 0.29) is 18.0 Å². The van der Waals surface area contributed by atoms with Gasteiger partial charge in [0.1, 0.15) is 0 Å². The van der Waals surface area contributed by atoms with Crippen molar-refractivity contribution in [3.05, 3.63) is 22.4 Å². The zero-order valence-corrected chi connectivity index (χ0v) is 10.1. The van der Waals surface area contributed by atoms with Crippen molar-refractivity contribution < 1.29 is 9.90 Å². The summed E-state index contributed by atoms with van der Waals surface area (Å²) >= 11 is 1.65. The fourth-order valence-corrected chi connectivity index (χ4v) is 2.52. The molecule has 0 amide bonds. The summed E-state index contributed by atoms with van der Waals surface area (Å²) in [4.78, 5) is 11.7. The lowest BCUT2D eigenvalue weighted by Crippen LogP contribution is -2.35. The number of carboxylic acids is 1. The summed E-state index contributed by atoms with van der Waals surface area (Å²) < 4.78 is 0. The Bertz CT molecular complexity index is 314. The maximum Gasteiger partial charge on any atom is 0.317 e. The first-order chi connectivity index (χ1) is 6.91. The largest absolute Gasteiger partial charge is 0.480 e. The molecule has 84 valence electrons. The summed E-state index contributed by atoms with van der Waals surface area (Å²) in [6, 6.07) is 4.12. The van der Waals surface area contributed by atoms with E-state index < -0.39 is 5.97 Å². The highest BCUT2D eigenvalue weighted by atomic mass is 32.1. The van der Waals surface area contributed by atoms with E-state index in [1.54, 1.807) is 11.3 Å². The van der Waals surface area contributed by atoms with E-state index >= 15 is 0 Å². The molecule has 0 radical (unpaired) electrons. The lowest BCUT2D eigenvalue weighted by molar-refractivity contribution is -0.136. The maximum absolute atomic E-state index is 10.5. The van der Waals surface area contributed by atoms with Gasteiger partial charge >= 0.3 is 5.97 Å². The molecule has 1 heterocycles. The van der Waals surface area contributed by atoms with Crippen molar-refractivity contribution in [2.75, 3.05) is 6.54 Å². The van der Waals surface area contributed by atoms with Gasteiger partial charge in [0.25, 0.3) is 0 Å². The highest BCUT2D eigenvalue weighted by molar-refractivity contribution is 7.10. The Morgan fingerprint density at radius 1 is 1.60 bits per heavy atom. The van der Waals surface area contributed by atoms with Crippen LogP contribution < -0.4 is 5.32 Å². The molecule has 4 heteroatoms. The second-order valence-electron chi connectivity index (χ2n) is 4.59. The molecular formula is C11H17NO2S. The van der Waals surface area contributed by atoms with Crippen molar-refractivity contribution in [1.82, 2.24) is 5.32 Å². The van der Waals surface area contributed by atoms with Gasteiger partial charge in [0, 0.05) is 10.9 Å². The van der Waals surface area contributed by atoms with Crippen molar-refractivity contribution in [1.29, 1.82) is 0 Å². The second-order valence-corrected chi connectivity index (χ2v) is 5.57. The fourth-order valence-electron chi connectivity index (χ4n) is 1.48. The zero-order chi connectivity index (χ0) is 11.5. The Morgan fingerprint density at radius 3 is 2.67 bits per heavy atom. The minimum absolute atomic E-state index is 0.000162. The first-order valence-corrected chi connectivity index (χ1v) is 5.78. The number of carbonyl (C=O) groups is 1. The summed E-state index contributed by atoms with van der Waals surface area (Å²) in [5, 5.41) is 13.7. The summed E-state index contributed by atoms with van der Waals surface area (Å²) in [6.45, 7) is 6.31. The van der Waals surface area contributed by atoms with Crippen molar-refractivity contribution >= 4 is 17.3 Å². The third kappa shape index (κ3) is 3.64. The van der Waals surface area contributed by atoms with E-state index in [2.05, 4.69) is 26.1 Å². The Morgan fingerprint density at radius 2 is 2.27 bits per heavy atom. The molecular weight excluding hydrogens is 210 g/mol. The molecule has 1 aromatic rings. The number of nitrogens with one attached hydrogen (secondary N) is 1. The van der Waals surface area contributed by atoms with Gasteiger partial charge in [-0.2, -0.15) is 0 Å². The SMILES string of the molecule is CC(C)(C)[C@H](NCC(=O)O)c1cccs1. The van der Waals surface area contributed by atoms with Crippen LogP contribution in [0.4, 0.5) is 0 Å². The summed E-state index contributed by atoms with van der Waals surface area (Å²) in [5.41, 5.74) is 0.0142. The molecule has 0 aliphatic rings. The molecule has 0 saturated carbocycles. The summed E-state index contributed by atoms with van der Waals surface area (Å²) in [5.74, 6) is -0.819. The lowest BCUT2D eigenvalue weighted by Gasteiger charge is -2.30. The highest BCUT2D eigenvalue weighted by Crippen LogP contribution is 2.34. The number of carboxylic acid groups (broad SMARTS) is 1. The fraction of sp³-hybridized carbons (Fsp3) is 0.545. The predicted molar refractivity (Wildman–Crippen MR) is 62.2 cm³/mol. The smallest absolute Gasteiger partial charge is 0.317 e. The van der Waals surface area contributed by atoms with E-state index in [0.717, 1.165) is 0 Å². The molecule has 0 aliphatic heterocycles. The normalized spacial score (nSPS) is 13.8. The van der Waals surface area contributed by atoms with Gasteiger partial charge < -0.3 is 5.11 Å². The standard InChI is InChI=1S/C11H17NO2S/c1-11(2,3)10(12-7-9(13)14)8-5-4-6-15-8/h4-6,10,12H,7H2,1-3H3,(H,13,14)/t10-/m1/s1. The van der Waals surface area contributed by atoms with Crippen molar-refractivity contribution in [3.8, 4) is 0 Å². The van der Waals surface area contributed by atoms with E-state index in [4.69, 9.17) is 5.11 Å². The molecule has 1 atom stereocenters. The second kappa shape index (κ2) is 4.77. The van der Waals surface area contributed by atoms with Crippen LogP contribution in [0.1, 0.15) is 31.7 Å². The molecule has 0 spiro atoms. The maximum atomic E-state index is 10.5. The van der Waals surface area contributed by atoms with Gasteiger partial charge in [-0.25, -0.2) is 0 Å². The third-order valence-corrected chi connectivity index (χ3v) is 3.09. The molecule has 0 fully saturated rings. The van der Waals surface area contributed by atoms with Crippen LogP contribution in [-0.4, -0.2) is 17.6 Å². The zero-order valence-electron chi connectivity index (χ0n) is 9.28. The molecule has 0 bridgehead atoms. The van der Waals surface area contributed by atoms with Crippen molar-refractivity contribution in [3.63, 3.8) is 0 Å². The van der Waals surface area contributed by atoms with E-state index in [1.165, 1.54) is 4.88 Å². The molecule has 0 aromatic carbocycles. The first kappa shape index (κ1) is 12.2. The van der Waals surface area contributed by atoms with Gasteiger partial charge in [-0.3, -0.25) is 10.1 Å². The van der Waals surface area contributed by atoms with Crippen LogP contribution in [-0.2, 0) is 4.79 Å². The van der Waals surface area contributed by atoms with Gasteiger partial charge in [0.2, 0.25) is 0 Å². The number of rotatable bonds is 4. The van der Waals surface area contributed by atoms with Gasteiger partial charge in [0.05, 0.1) is 6.54 Å². The molecule has 0 unspecified atom stereocenters. The van der Waals surface area contributed by atoms with Crippen LogP contribution in [0.2, 0.25) is 0 Å². The monoisotopic (exact) mass is 227 g/mol. The van der Waals surface area contributed by atoms with E-state index in [1.807, 2.05) is 17.5 Å². The summed E-state index contributed by atoms with van der Waals surface area (Å²) in [7, 11) is 0. The summed E-state index contributed by atoms with van der Waals surface area (Å²) in [6.07, 6.45) is 0. The Kier molecular flexibility index (Phi) is 3.88. The quantitative estimate of drug-likeness (QED) is 0.831. The first-order valence-electron chi connectivity index (χ1n) is 4.90. The van der Waals surface area contributed by atoms with Gasteiger partial charge in [-0.1, -0.05) is 26.8 Å². The third-order valence-electron chi connectivity index (χ3n) is 2.15. The minimum atomic E-state index is -0.819. The van der Waals surface area contributed by atoms with Gasteiger partial charge in [-0.05, 0) is 16.9 Å². The van der Waals surface area contributed by atoms with Crippen LogP contribution in [0.15, 0.2) is 17.5 Å². The average Bonchev–Trinajstić information content (AvgIpc) is 2.54. The van der Waals surface area contributed by atoms with Crippen LogP contribution in [0.3, 0.4) is 0 Å². The van der Waals surface area contributed by atoms with Crippen LogP contribution in [0, 0.1) is 5.41 Å². The van der Waals surface area contributed by atoms with Crippen LogP contribution >= 0.6 is 11.3 Å². The number of thiophene rings is 1. The van der Waals surface area contributed by atoms with Crippen LogP contribution in [0.5, 0.6) is 0 Å². The Balaban J connectivity index is 2.76. The molecule has 1 aromatic heterocycles. The topological polar surface area (TPSA) is 49.3 Å².